The standard InChI is InChI=1S/C26H28N2O3S/c1-5-17-28(32(30,31)25-9-7-6-8-10-25)24-15-13-22(14-16-24)26(29)27-21(4)23-12-11-19(2)20(3)18-23/h5-16,18,21H,1,17H2,2-4H3,(H,27,29)/t21-/m1/s1. The van der Waals surface area contributed by atoms with Gasteiger partial charge in [-0.2, -0.15) is 0 Å². The Bertz CT molecular complexity index is 1200. The summed E-state index contributed by atoms with van der Waals surface area (Å²) in [4.78, 5) is 12.9. The van der Waals surface area contributed by atoms with E-state index in [1.54, 1.807) is 54.6 Å². The molecule has 3 aromatic rings. The lowest BCUT2D eigenvalue weighted by Gasteiger charge is -2.23. The number of hydrogen-bond acceptors (Lipinski definition) is 3. The first-order chi connectivity index (χ1) is 15.2. The highest BCUT2D eigenvalue weighted by molar-refractivity contribution is 7.92. The summed E-state index contributed by atoms with van der Waals surface area (Å²) >= 11 is 0. The zero-order chi connectivity index (χ0) is 23.3. The third-order valence-electron chi connectivity index (χ3n) is 5.42. The van der Waals surface area contributed by atoms with Crippen LogP contribution < -0.4 is 9.62 Å². The summed E-state index contributed by atoms with van der Waals surface area (Å²) in [6, 6.07) is 20.8. The minimum absolute atomic E-state index is 0.118. The molecule has 6 heteroatoms. The Morgan fingerprint density at radius 3 is 2.25 bits per heavy atom. The quantitative estimate of drug-likeness (QED) is 0.483. The van der Waals surface area contributed by atoms with E-state index in [-0.39, 0.29) is 23.4 Å². The van der Waals surface area contributed by atoms with Crippen LogP contribution in [0.25, 0.3) is 0 Å². The summed E-state index contributed by atoms with van der Waals surface area (Å²) in [6.45, 7) is 9.84. The molecule has 1 N–H and O–H groups in total. The number of sulfonamides is 1. The van der Waals surface area contributed by atoms with E-state index in [9.17, 15) is 13.2 Å². The Balaban J connectivity index is 1.79. The third kappa shape index (κ3) is 5.08. The zero-order valence-electron chi connectivity index (χ0n) is 18.6. The Morgan fingerprint density at radius 1 is 1.00 bits per heavy atom. The van der Waals surface area contributed by atoms with E-state index in [2.05, 4.69) is 24.9 Å². The lowest BCUT2D eigenvalue weighted by molar-refractivity contribution is 0.0940. The summed E-state index contributed by atoms with van der Waals surface area (Å²) in [7, 11) is -3.75. The third-order valence-corrected chi connectivity index (χ3v) is 7.23. The molecule has 3 rings (SSSR count). The second-order valence-corrected chi connectivity index (χ2v) is 9.59. The molecule has 0 aliphatic heterocycles. The van der Waals surface area contributed by atoms with Crippen molar-refractivity contribution in [3.05, 3.63) is 108 Å². The van der Waals surface area contributed by atoms with E-state index in [1.165, 1.54) is 21.5 Å². The molecular weight excluding hydrogens is 420 g/mol. The predicted molar refractivity (Wildman–Crippen MR) is 129 cm³/mol. The lowest BCUT2D eigenvalue weighted by atomic mass is 10.0. The van der Waals surface area contributed by atoms with Gasteiger partial charge < -0.3 is 5.32 Å². The maximum absolute atomic E-state index is 13.1. The van der Waals surface area contributed by atoms with Crippen LogP contribution >= 0.6 is 0 Å². The van der Waals surface area contributed by atoms with Crippen molar-refractivity contribution in [2.45, 2.75) is 31.7 Å². The minimum Gasteiger partial charge on any atom is -0.346 e. The highest BCUT2D eigenvalue weighted by Crippen LogP contribution is 2.24. The van der Waals surface area contributed by atoms with Gasteiger partial charge >= 0.3 is 0 Å². The number of aryl methyl sites for hydroxylation is 2. The van der Waals surface area contributed by atoms with Gasteiger partial charge in [-0.15, -0.1) is 6.58 Å². The molecule has 0 heterocycles. The molecule has 0 aromatic heterocycles. The number of hydrogen-bond donors (Lipinski definition) is 1. The average molecular weight is 449 g/mol. The topological polar surface area (TPSA) is 66.5 Å². The average Bonchev–Trinajstić information content (AvgIpc) is 2.79. The largest absolute Gasteiger partial charge is 0.346 e. The van der Waals surface area contributed by atoms with Crippen LogP contribution in [0.15, 0.2) is 90.3 Å². The highest BCUT2D eigenvalue weighted by Gasteiger charge is 2.24. The molecule has 0 aliphatic carbocycles. The molecule has 0 saturated heterocycles. The van der Waals surface area contributed by atoms with Crippen molar-refractivity contribution < 1.29 is 13.2 Å². The van der Waals surface area contributed by atoms with Gasteiger partial charge in [0.1, 0.15) is 0 Å². The molecule has 0 spiro atoms. The van der Waals surface area contributed by atoms with Crippen LogP contribution in [-0.4, -0.2) is 20.9 Å². The minimum atomic E-state index is -3.75. The van der Waals surface area contributed by atoms with Crippen LogP contribution in [0.1, 0.15) is 40.0 Å². The van der Waals surface area contributed by atoms with Gasteiger partial charge in [0.05, 0.1) is 23.2 Å². The van der Waals surface area contributed by atoms with E-state index in [0.717, 1.165) is 5.56 Å². The van der Waals surface area contributed by atoms with E-state index in [0.29, 0.717) is 11.3 Å². The lowest BCUT2D eigenvalue weighted by Crippen LogP contribution is -2.31. The Kier molecular flexibility index (Phi) is 7.15. The number of amides is 1. The molecule has 3 aromatic carbocycles. The number of anilines is 1. The van der Waals surface area contributed by atoms with Gasteiger partial charge in [0.15, 0.2) is 0 Å². The van der Waals surface area contributed by atoms with E-state index < -0.39 is 10.0 Å². The SMILES string of the molecule is C=CCN(c1ccc(C(=O)N[C@H](C)c2ccc(C)c(C)c2)cc1)S(=O)(=O)c1ccccc1. The number of nitrogens with zero attached hydrogens (tertiary/aromatic N) is 1. The first-order valence-corrected chi connectivity index (χ1v) is 11.8. The van der Waals surface area contributed by atoms with E-state index in [1.807, 2.05) is 26.0 Å². The van der Waals surface area contributed by atoms with Crippen LogP contribution in [0.5, 0.6) is 0 Å². The van der Waals surface area contributed by atoms with Crippen molar-refractivity contribution in [2.75, 3.05) is 10.8 Å². The van der Waals surface area contributed by atoms with Gasteiger partial charge in [-0.1, -0.05) is 42.5 Å². The van der Waals surface area contributed by atoms with Crippen molar-refractivity contribution in [3.8, 4) is 0 Å². The van der Waals surface area contributed by atoms with Gasteiger partial charge in [-0.05, 0) is 73.9 Å². The second kappa shape index (κ2) is 9.83. The number of carbonyl (C=O) groups is 1. The molecule has 5 nitrogen and oxygen atoms in total. The highest BCUT2D eigenvalue weighted by atomic mass is 32.2. The van der Waals surface area contributed by atoms with Crippen LogP contribution in [-0.2, 0) is 10.0 Å². The van der Waals surface area contributed by atoms with Crippen molar-refractivity contribution in [3.63, 3.8) is 0 Å². The molecule has 0 fully saturated rings. The van der Waals surface area contributed by atoms with Crippen LogP contribution in [0.4, 0.5) is 5.69 Å². The summed E-state index contributed by atoms with van der Waals surface area (Å²) < 4.78 is 27.5. The first kappa shape index (κ1) is 23.3. The predicted octanol–water partition coefficient (Wildman–Crippen LogP) is 5.18. The molecular formula is C26H28N2O3S. The molecule has 1 amide bonds. The summed E-state index contributed by atoms with van der Waals surface area (Å²) in [5, 5.41) is 3.00. The molecule has 0 bridgehead atoms. The number of carbonyl (C=O) groups excluding carboxylic acids is 1. The molecule has 0 aliphatic rings. The van der Waals surface area contributed by atoms with Gasteiger partial charge in [0.2, 0.25) is 0 Å². The van der Waals surface area contributed by atoms with Crippen molar-refractivity contribution in [1.82, 2.24) is 5.32 Å². The van der Waals surface area contributed by atoms with Crippen LogP contribution in [0.2, 0.25) is 0 Å². The smallest absolute Gasteiger partial charge is 0.264 e. The van der Waals surface area contributed by atoms with Crippen molar-refractivity contribution in [1.29, 1.82) is 0 Å². The number of benzene rings is 3. The molecule has 0 radical (unpaired) electrons. The zero-order valence-corrected chi connectivity index (χ0v) is 19.4. The Hall–Kier alpha value is -3.38. The van der Waals surface area contributed by atoms with Crippen LogP contribution in [0.3, 0.4) is 0 Å². The second-order valence-electron chi connectivity index (χ2n) is 7.72. The summed E-state index contributed by atoms with van der Waals surface area (Å²) in [5.74, 6) is -0.219. The number of rotatable bonds is 8. The fourth-order valence-electron chi connectivity index (χ4n) is 3.36. The van der Waals surface area contributed by atoms with E-state index >= 15 is 0 Å². The van der Waals surface area contributed by atoms with Crippen molar-refractivity contribution in [2.24, 2.45) is 0 Å². The fraction of sp³-hybridized carbons (Fsp3) is 0.192. The molecule has 1 atom stereocenters. The van der Waals surface area contributed by atoms with Gasteiger partial charge in [-0.25, -0.2) is 8.42 Å². The summed E-state index contributed by atoms with van der Waals surface area (Å²) in [6.07, 6.45) is 1.53. The van der Waals surface area contributed by atoms with Crippen LogP contribution in [0, 0.1) is 13.8 Å². The fourth-order valence-corrected chi connectivity index (χ4v) is 4.81. The molecule has 32 heavy (non-hydrogen) atoms. The molecule has 166 valence electrons. The Labute approximate surface area is 190 Å². The maximum Gasteiger partial charge on any atom is 0.264 e. The maximum atomic E-state index is 13.1. The number of nitrogens with one attached hydrogen (secondary N) is 1. The van der Waals surface area contributed by atoms with Gasteiger partial charge in [0, 0.05) is 5.56 Å². The van der Waals surface area contributed by atoms with E-state index in [4.69, 9.17) is 0 Å². The monoisotopic (exact) mass is 448 g/mol. The molecule has 0 unspecified atom stereocenters. The van der Waals surface area contributed by atoms with Gasteiger partial charge in [-0.3, -0.25) is 9.10 Å². The van der Waals surface area contributed by atoms with Gasteiger partial charge in [0.25, 0.3) is 15.9 Å². The normalized spacial score (nSPS) is 12.1. The first-order valence-electron chi connectivity index (χ1n) is 10.4. The molecule has 0 saturated carbocycles. The van der Waals surface area contributed by atoms with Crippen molar-refractivity contribution >= 4 is 21.6 Å². The Morgan fingerprint density at radius 2 is 1.66 bits per heavy atom. The summed E-state index contributed by atoms with van der Waals surface area (Å²) in [5.41, 5.74) is 4.34.